The minimum Gasteiger partial charge on any atom is -0.398 e. The average molecular weight is 324 g/mol. The monoisotopic (exact) mass is 324 g/mol. The molecule has 2 heterocycles. The number of carbonyl (C=O) groups is 1. The van der Waals surface area contributed by atoms with E-state index in [0.717, 1.165) is 26.1 Å². The van der Waals surface area contributed by atoms with Crippen LogP contribution in [0.3, 0.4) is 0 Å². The van der Waals surface area contributed by atoms with Crippen molar-refractivity contribution in [2.45, 2.75) is 25.9 Å². The van der Waals surface area contributed by atoms with Crippen molar-refractivity contribution in [1.82, 2.24) is 15.2 Å². The lowest BCUT2D eigenvalue weighted by atomic mass is 10.00. The summed E-state index contributed by atoms with van der Waals surface area (Å²) in [5.74, 6) is 0.310. The number of aromatic nitrogens is 1. The van der Waals surface area contributed by atoms with Crippen LogP contribution in [0.5, 0.6) is 0 Å². The molecular formula is C19H24N4O. The fraction of sp³-hybridized carbons (Fsp3) is 0.368. The third-order valence-corrected chi connectivity index (χ3v) is 4.72. The molecule has 1 aromatic carbocycles. The van der Waals surface area contributed by atoms with E-state index in [-0.39, 0.29) is 11.9 Å². The molecule has 0 bridgehead atoms. The number of nitrogens with one attached hydrogen (secondary N) is 1. The molecule has 0 saturated carbocycles. The molecule has 1 fully saturated rings. The van der Waals surface area contributed by atoms with Crippen LogP contribution in [0.15, 0.2) is 48.8 Å². The van der Waals surface area contributed by atoms with Gasteiger partial charge in [0.2, 0.25) is 0 Å². The molecule has 1 aromatic heterocycles. The molecular weight excluding hydrogens is 300 g/mol. The van der Waals surface area contributed by atoms with Crippen LogP contribution in [0.1, 0.15) is 29.3 Å². The maximum absolute atomic E-state index is 12.4. The highest BCUT2D eigenvalue weighted by Crippen LogP contribution is 2.22. The van der Waals surface area contributed by atoms with Crippen molar-refractivity contribution in [1.29, 1.82) is 0 Å². The van der Waals surface area contributed by atoms with Gasteiger partial charge in [-0.2, -0.15) is 0 Å². The van der Waals surface area contributed by atoms with Crippen LogP contribution < -0.4 is 11.1 Å². The van der Waals surface area contributed by atoms with Gasteiger partial charge in [0, 0.05) is 37.2 Å². The number of nitrogen functional groups attached to an aromatic ring is 1. The van der Waals surface area contributed by atoms with Crippen LogP contribution in [0.4, 0.5) is 5.69 Å². The zero-order valence-corrected chi connectivity index (χ0v) is 14.0. The standard InChI is InChI=1S/C19H24N4O/c1-14(22-19(24)17-11-21-9-7-18(17)20)16-8-10-23(13-16)12-15-5-3-2-4-6-15/h2-7,9,11,14,16H,8,10,12-13H2,1H3,(H2,20,21)(H,22,24). The van der Waals surface area contributed by atoms with Gasteiger partial charge in [0.1, 0.15) is 0 Å². The van der Waals surface area contributed by atoms with Gasteiger partial charge in [-0.05, 0) is 37.4 Å². The third kappa shape index (κ3) is 3.92. The molecule has 0 radical (unpaired) electrons. The number of pyridine rings is 1. The van der Waals surface area contributed by atoms with E-state index in [2.05, 4.69) is 46.4 Å². The summed E-state index contributed by atoms with van der Waals surface area (Å²) < 4.78 is 0. The summed E-state index contributed by atoms with van der Waals surface area (Å²) in [7, 11) is 0. The van der Waals surface area contributed by atoms with Gasteiger partial charge in [-0.3, -0.25) is 14.7 Å². The number of benzene rings is 1. The number of anilines is 1. The molecule has 24 heavy (non-hydrogen) atoms. The van der Waals surface area contributed by atoms with E-state index >= 15 is 0 Å². The lowest BCUT2D eigenvalue weighted by Gasteiger charge is -2.22. The fourth-order valence-corrected chi connectivity index (χ4v) is 3.25. The first-order valence-electron chi connectivity index (χ1n) is 8.40. The molecule has 3 N–H and O–H groups in total. The van der Waals surface area contributed by atoms with Gasteiger partial charge in [0.15, 0.2) is 0 Å². The Bertz CT molecular complexity index is 689. The van der Waals surface area contributed by atoms with Crippen LogP contribution in [0.2, 0.25) is 0 Å². The minimum atomic E-state index is -0.144. The summed E-state index contributed by atoms with van der Waals surface area (Å²) in [5, 5.41) is 3.08. The van der Waals surface area contributed by atoms with E-state index in [1.165, 1.54) is 11.8 Å². The molecule has 1 amide bonds. The number of rotatable bonds is 5. The van der Waals surface area contributed by atoms with Gasteiger partial charge in [-0.15, -0.1) is 0 Å². The second kappa shape index (κ2) is 7.45. The zero-order chi connectivity index (χ0) is 16.9. The smallest absolute Gasteiger partial charge is 0.255 e. The van der Waals surface area contributed by atoms with E-state index in [1.54, 1.807) is 12.3 Å². The molecule has 3 rings (SSSR count). The molecule has 2 unspecified atom stereocenters. The lowest BCUT2D eigenvalue weighted by Crippen LogP contribution is -2.39. The van der Waals surface area contributed by atoms with Crippen molar-refractivity contribution in [3.63, 3.8) is 0 Å². The van der Waals surface area contributed by atoms with Crippen molar-refractivity contribution in [2.75, 3.05) is 18.8 Å². The Morgan fingerprint density at radius 1 is 1.38 bits per heavy atom. The molecule has 1 aliphatic heterocycles. The highest BCUT2D eigenvalue weighted by molar-refractivity contribution is 5.98. The lowest BCUT2D eigenvalue weighted by molar-refractivity contribution is 0.0927. The average Bonchev–Trinajstić information content (AvgIpc) is 3.04. The molecule has 1 aliphatic rings. The number of likely N-dealkylation sites (tertiary alicyclic amines) is 1. The van der Waals surface area contributed by atoms with E-state index in [9.17, 15) is 4.79 Å². The van der Waals surface area contributed by atoms with Crippen molar-refractivity contribution in [2.24, 2.45) is 5.92 Å². The predicted molar refractivity (Wildman–Crippen MR) is 95.4 cm³/mol. The quantitative estimate of drug-likeness (QED) is 0.885. The van der Waals surface area contributed by atoms with E-state index < -0.39 is 0 Å². The number of carbonyl (C=O) groups excluding carboxylic acids is 1. The largest absolute Gasteiger partial charge is 0.398 e. The predicted octanol–water partition coefficient (Wildman–Crippen LogP) is 2.30. The van der Waals surface area contributed by atoms with Gasteiger partial charge in [0.05, 0.1) is 5.56 Å². The zero-order valence-electron chi connectivity index (χ0n) is 14.0. The normalized spacial score (nSPS) is 19.1. The Kier molecular flexibility index (Phi) is 5.11. The first kappa shape index (κ1) is 16.5. The van der Waals surface area contributed by atoms with Crippen LogP contribution in [-0.2, 0) is 6.54 Å². The van der Waals surface area contributed by atoms with Crippen molar-refractivity contribution in [3.05, 3.63) is 59.9 Å². The summed E-state index contributed by atoms with van der Waals surface area (Å²) in [5.41, 5.74) is 8.09. The van der Waals surface area contributed by atoms with Gasteiger partial charge in [-0.25, -0.2) is 0 Å². The Morgan fingerprint density at radius 2 is 2.17 bits per heavy atom. The molecule has 126 valence electrons. The second-order valence-electron chi connectivity index (χ2n) is 6.49. The molecule has 5 nitrogen and oxygen atoms in total. The van der Waals surface area contributed by atoms with Crippen LogP contribution in [0.25, 0.3) is 0 Å². The molecule has 2 atom stereocenters. The number of nitrogens with two attached hydrogens (primary N) is 1. The second-order valence-corrected chi connectivity index (χ2v) is 6.49. The highest BCUT2D eigenvalue weighted by Gasteiger charge is 2.28. The summed E-state index contributed by atoms with van der Waals surface area (Å²) in [6.45, 7) is 5.10. The van der Waals surface area contributed by atoms with Gasteiger partial charge in [-0.1, -0.05) is 30.3 Å². The number of amides is 1. The van der Waals surface area contributed by atoms with Crippen LogP contribution in [-0.4, -0.2) is 34.9 Å². The SMILES string of the molecule is CC(NC(=O)c1cnccc1N)C1CCN(Cc2ccccc2)C1. The van der Waals surface area contributed by atoms with E-state index in [4.69, 9.17) is 5.73 Å². The van der Waals surface area contributed by atoms with Crippen molar-refractivity contribution >= 4 is 11.6 Å². The Morgan fingerprint density at radius 3 is 2.92 bits per heavy atom. The first-order chi connectivity index (χ1) is 11.6. The van der Waals surface area contributed by atoms with Gasteiger partial charge < -0.3 is 11.1 Å². The van der Waals surface area contributed by atoms with Crippen LogP contribution in [0, 0.1) is 5.92 Å². The maximum atomic E-state index is 12.4. The number of hydrogen-bond donors (Lipinski definition) is 2. The topological polar surface area (TPSA) is 71.2 Å². The summed E-state index contributed by atoms with van der Waals surface area (Å²) in [6.07, 6.45) is 4.21. The number of nitrogens with zero attached hydrogens (tertiary/aromatic N) is 2. The summed E-state index contributed by atoms with van der Waals surface area (Å²) in [4.78, 5) is 18.8. The molecule has 2 aromatic rings. The maximum Gasteiger partial charge on any atom is 0.255 e. The highest BCUT2D eigenvalue weighted by atomic mass is 16.1. The van der Waals surface area contributed by atoms with E-state index in [0.29, 0.717) is 17.2 Å². The molecule has 5 heteroatoms. The Hall–Kier alpha value is -2.40. The van der Waals surface area contributed by atoms with Gasteiger partial charge >= 0.3 is 0 Å². The number of hydrogen-bond acceptors (Lipinski definition) is 4. The Labute approximate surface area is 142 Å². The molecule has 0 aliphatic carbocycles. The van der Waals surface area contributed by atoms with E-state index in [1.807, 2.05) is 6.07 Å². The first-order valence-corrected chi connectivity index (χ1v) is 8.40. The summed E-state index contributed by atoms with van der Waals surface area (Å²) >= 11 is 0. The third-order valence-electron chi connectivity index (χ3n) is 4.72. The van der Waals surface area contributed by atoms with Crippen molar-refractivity contribution < 1.29 is 4.79 Å². The molecule has 1 saturated heterocycles. The van der Waals surface area contributed by atoms with Crippen molar-refractivity contribution in [3.8, 4) is 0 Å². The summed E-state index contributed by atoms with van der Waals surface area (Å²) in [6, 6.07) is 12.3. The van der Waals surface area contributed by atoms with Crippen LogP contribution >= 0.6 is 0 Å². The van der Waals surface area contributed by atoms with Gasteiger partial charge in [0.25, 0.3) is 5.91 Å². The minimum absolute atomic E-state index is 0.109. The molecule has 0 spiro atoms. The Balaban J connectivity index is 1.54. The fourth-order valence-electron chi connectivity index (χ4n) is 3.25.